The van der Waals surface area contributed by atoms with Crippen molar-refractivity contribution in [3.05, 3.63) is 42.5 Å². The summed E-state index contributed by atoms with van der Waals surface area (Å²) in [6, 6.07) is 14.7. The number of rotatable bonds is 0. The van der Waals surface area contributed by atoms with Gasteiger partial charge in [-0.2, -0.15) is 17.5 Å². The minimum atomic E-state index is 0.887. The maximum Gasteiger partial charge on any atom is -0.0809 e. The maximum atomic E-state index is 9.01. The smallest absolute Gasteiger partial charge is 0.0809 e. The van der Waals surface area contributed by atoms with Crippen LogP contribution in [0.15, 0.2) is 42.5 Å². The third kappa shape index (κ3) is 3.47. The standard InChI is InChI=1S/C9H7.CO.HI.Ni/c1-2-5-9-7-3-6-8(9)4-1;1-2;;/h1-7H;;1H;/q-1;;;+1/p-1. The second-order valence-electron chi connectivity index (χ2n) is 2.28. The molecule has 13 heavy (non-hydrogen) atoms. The zero-order valence-corrected chi connectivity index (χ0v) is 9.79. The van der Waals surface area contributed by atoms with Gasteiger partial charge in [0.15, 0.2) is 0 Å². The van der Waals surface area contributed by atoms with Crippen molar-refractivity contribution in [2.45, 2.75) is 0 Å². The van der Waals surface area contributed by atoms with Gasteiger partial charge in [-0.25, -0.2) is 0 Å². The summed E-state index contributed by atoms with van der Waals surface area (Å²) < 4.78 is 0. The van der Waals surface area contributed by atoms with Gasteiger partial charge in [-0.05, 0) is 0 Å². The number of fused-ring (bicyclic) bond motifs is 1. The molecule has 2 rings (SSSR count). The minimum Gasteiger partial charge on any atom is -0.168 e. The van der Waals surface area contributed by atoms with E-state index in [0.29, 0.717) is 0 Å². The average Bonchev–Trinajstić information content (AvgIpc) is 2.66. The van der Waals surface area contributed by atoms with Crippen molar-refractivity contribution < 1.29 is 15.6 Å². The van der Waals surface area contributed by atoms with Crippen molar-refractivity contribution in [2.75, 3.05) is 0 Å². The number of hydrogen-bond donors (Lipinski definition) is 0. The van der Waals surface area contributed by atoms with Crippen LogP contribution in [-0.2, 0) is 15.6 Å². The van der Waals surface area contributed by atoms with E-state index in [1.54, 1.807) is 4.86 Å². The summed E-state index contributed by atoms with van der Waals surface area (Å²) in [7, 11) is 0.887. The van der Waals surface area contributed by atoms with Gasteiger partial charge in [0.05, 0.1) is 0 Å². The third-order valence-corrected chi connectivity index (χ3v) is 2.22. The van der Waals surface area contributed by atoms with E-state index in [9.17, 15) is 0 Å². The molecule has 0 aromatic heterocycles. The van der Waals surface area contributed by atoms with E-state index < -0.39 is 0 Å². The van der Waals surface area contributed by atoms with Crippen LogP contribution in [0.1, 0.15) is 0 Å². The van der Waals surface area contributed by atoms with E-state index in [1.807, 2.05) is 20.5 Å². The molecule has 0 aliphatic heterocycles. The first-order valence-electron chi connectivity index (χ1n) is 3.55. The van der Waals surface area contributed by atoms with Crippen molar-refractivity contribution in [1.29, 1.82) is 0 Å². The van der Waals surface area contributed by atoms with Crippen molar-refractivity contribution in [2.24, 2.45) is 0 Å². The Bertz CT molecular complexity index is 385. The molecule has 0 fully saturated rings. The van der Waals surface area contributed by atoms with E-state index >= 15 is 0 Å². The van der Waals surface area contributed by atoms with Gasteiger partial charge in [-0.3, -0.25) is 0 Å². The van der Waals surface area contributed by atoms with Crippen molar-refractivity contribution in [3.8, 4) is 0 Å². The fourth-order valence-electron chi connectivity index (χ4n) is 1.07. The number of halogens is 1. The molecule has 2 aromatic carbocycles. The zero-order chi connectivity index (χ0) is 9.52. The summed E-state index contributed by atoms with van der Waals surface area (Å²) in [4.78, 5) is 10.6. The Morgan fingerprint density at radius 3 is 2.62 bits per heavy atom. The quantitative estimate of drug-likeness (QED) is 0.413. The van der Waals surface area contributed by atoms with Crippen molar-refractivity contribution in [3.63, 3.8) is 0 Å². The molecule has 71 valence electrons. The van der Waals surface area contributed by atoms with E-state index in [1.165, 1.54) is 10.8 Å². The second kappa shape index (κ2) is 6.14. The molecule has 0 unspecified atom stereocenters. The molecule has 0 bridgehead atoms. The third-order valence-electron chi connectivity index (χ3n) is 1.57. The summed E-state index contributed by atoms with van der Waals surface area (Å²) in [6.07, 6.45) is 0. The average molecular weight is 329 g/mol. The molecule has 0 saturated carbocycles. The number of carbonyl (C=O) groups excluding carboxylic acids is 1. The van der Waals surface area contributed by atoms with Gasteiger partial charge >= 0.3 is 41.0 Å². The molecule has 0 amide bonds. The minimum absolute atomic E-state index is 0.887. The van der Waals surface area contributed by atoms with Crippen molar-refractivity contribution >= 4 is 36.1 Å². The van der Waals surface area contributed by atoms with Gasteiger partial charge in [0, 0.05) is 0 Å². The van der Waals surface area contributed by atoms with Crippen molar-refractivity contribution in [1.82, 2.24) is 0 Å². The fraction of sp³-hybridized carbons (Fsp3) is 0. The summed E-state index contributed by atoms with van der Waals surface area (Å²) in [6.45, 7) is 0. The van der Waals surface area contributed by atoms with Gasteiger partial charge in [-0.15, -0.1) is 29.7 Å². The molecule has 0 N–H and O–H groups in total. The molecule has 3 heteroatoms. The molecule has 0 aliphatic rings. The summed E-state index contributed by atoms with van der Waals surface area (Å²) in [5.74, 6) is 0. The zero-order valence-electron chi connectivity index (χ0n) is 6.64. The largest absolute Gasteiger partial charge is 0.168 e. The van der Waals surface area contributed by atoms with Crippen LogP contribution in [0.2, 0.25) is 0 Å². The van der Waals surface area contributed by atoms with E-state index in [-0.39, 0.29) is 0 Å². The molecule has 1 nitrogen and oxygen atoms in total. The summed E-state index contributed by atoms with van der Waals surface area (Å²) >= 11 is 1.87. The molecule has 0 radical (unpaired) electrons. The first-order valence-corrected chi connectivity index (χ1v) is 7.23. The first-order chi connectivity index (χ1) is 6.38. The Balaban J connectivity index is 0.000000184. The van der Waals surface area contributed by atoms with Gasteiger partial charge in [0.2, 0.25) is 0 Å². The maximum absolute atomic E-state index is 9.01. The number of benzene rings is 1. The van der Waals surface area contributed by atoms with Gasteiger partial charge < -0.3 is 0 Å². The molecular weight excluding hydrogens is 322 g/mol. The van der Waals surface area contributed by atoms with E-state index in [0.717, 1.165) is 10.8 Å². The van der Waals surface area contributed by atoms with Gasteiger partial charge in [0.25, 0.3) is 0 Å². The van der Waals surface area contributed by atoms with E-state index in [4.69, 9.17) is 4.79 Å². The topological polar surface area (TPSA) is 17.1 Å². The Morgan fingerprint density at radius 1 is 1.31 bits per heavy atom. The molecule has 2 aromatic rings. The van der Waals surface area contributed by atoms with Crippen LogP contribution in [0, 0.1) is 0 Å². The molecule has 0 heterocycles. The van der Waals surface area contributed by atoms with Gasteiger partial charge in [-0.1, -0.05) is 6.07 Å². The SMILES string of the molecule is O=[C]=[Ni][I].c1ccc2[cH-]ccc2c1. The molecule has 0 atom stereocenters. The fourth-order valence-corrected chi connectivity index (χ4v) is 1.07. The van der Waals surface area contributed by atoms with Crippen LogP contribution in [0.4, 0.5) is 0 Å². The van der Waals surface area contributed by atoms with Crippen LogP contribution < -0.4 is 0 Å². The van der Waals surface area contributed by atoms with Crippen LogP contribution in [-0.4, -0.2) is 4.86 Å². The number of hydrogen-bond acceptors (Lipinski definition) is 1. The molecular formula is C10H7INiO-. The molecule has 0 aliphatic carbocycles. The van der Waals surface area contributed by atoms with Crippen LogP contribution in [0.25, 0.3) is 10.8 Å². The Morgan fingerprint density at radius 2 is 2.00 bits per heavy atom. The summed E-state index contributed by atoms with van der Waals surface area (Å²) in [5.41, 5.74) is 0. The van der Waals surface area contributed by atoms with Crippen LogP contribution in [0.5, 0.6) is 0 Å². The summed E-state index contributed by atoms with van der Waals surface area (Å²) in [5, 5.41) is 2.66. The molecule has 0 spiro atoms. The normalized spacial score (nSPS) is 9.00. The monoisotopic (exact) mass is 328 g/mol. The Kier molecular flexibility index (Phi) is 5.06. The molecule has 0 saturated heterocycles. The van der Waals surface area contributed by atoms with Crippen LogP contribution in [0.3, 0.4) is 0 Å². The predicted octanol–water partition coefficient (Wildman–Crippen LogP) is 3.04. The Labute approximate surface area is 93.7 Å². The Hall–Kier alpha value is -0.366. The predicted molar refractivity (Wildman–Crippen MR) is 59.3 cm³/mol. The van der Waals surface area contributed by atoms with Crippen LogP contribution >= 0.6 is 20.5 Å². The van der Waals surface area contributed by atoms with E-state index in [2.05, 4.69) is 42.5 Å². The van der Waals surface area contributed by atoms with Gasteiger partial charge in [0.1, 0.15) is 0 Å². The second-order valence-corrected chi connectivity index (χ2v) is 4.07. The first kappa shape index (κ1) is 10.7.